The Labute approximate surface area is 179 Å². The first kappa shape index (κ1) is 21.7. The molecule has 7 heteroatoms. The summed E-state index contributed by atoms with van der Waals surface area (Å²) in [5.41, 5.74) is 5.00. The first-order valence-electron chi connectivity index (χ1n) is 9.75. The molecule has 2 N–H and O–H groups in total. The van der Waals surface area contributed by atoms with Gasteiger partial charge in [-0.2, -0.15) is 5.10 Å². The summed E-state index contributed by atoms with van der Waals surface area (Å²) >= 11 is 0. The maximum atomic E-state index is 13.3. The quantitative estimate of drug-likeness (QED) is 0.344. The smallest absolute Gasteiger partial charge is 0.329 e. The number of amides is 2. The molecule has 0 saturated heterocycles. The number of carbonyl (C=O) groups is 2. The topological polar surface area (TPSA) is 79.8 Å². The van der Waals surface area contributed by atoms with Crippen molar-refractivity contribution in [1.29, 1.82) is 0 Å². The summed E-state index contributed by atoms with van der Waals surface area (Å²) in [5.74, 6) is -1.53. The normalized spacial score (nSPS) is 10.6. The van der Waals surface area contributed by atoms with Crippen molar-refractivity contribution < 1.29 is 18.7 Å². The van der Waals surface area contributed by atoms with Gasteiger partial charge in [0.25, 0.3) is 0 Å². The van der Waals surface area contributed by atoms with Gasteiger partial charge in [0.15, 0.2) is 0 Å². The number of halogens is 1. The highest BCUT2D eigenvalue weighted by Crippen LogP contribution is 2.18. The molecular formula is C24H22FN3O3. The number of aryl methyl sites for hydroxylation is 1. The Morgan fingerprint density at radius 2 is 1.77 bits per heavy atom. The van der Waals surface area contributed by atoms with Gasteiger partial charge in [-0.05, 0) is 47.9 Å². The third-order valence-corrected chi connectivity index (χ3v) is 4.42. The number of ether oxygens (including phenoxy) is 1. The predicted octanol–water partition coefficient (Wildman–Crippen LogP) is 4.06. The van der Waals surface area contributed by atoms with Crippen LogP contribution in [0.25, 0.3) is 0 Å². The molecule has 0 heterocycles. The van der Waals surface area contributed by atoms with Gasteiger partial charge in [-0.1, -0.05) is 49.4 Å². The van der Waals surface area contributed by atoms with Crippen LogP contribution in [-0.2, 0) is 22.6 Å². The predicted molar refractivity (Wildman–Crippen MR) is 117 cm³/mol. The Bertz CT molecular complexity index is 1100. The molecule has 0 saturated carbocycles. The first-order chi connectivity index (χ1) is 15.1. The minimum absolute atomic E-state index is 0.175. The number of benzene rings is 3. The number of para-hydroxylation sites is 2. The molecule has 0 radical (unpaired) electrons. The third kappa shape index (κ3) is 6.24. The van der Waals surface area contributed by atoms with Gasteiger partial charge in [-0.25, -0.2) is 9.82 Å². The Morgan fingerprint density at radius 3 is 2.58 bits per heavy atom. The molecule has 0 atom stereocenters. The summed E-state index contributed by atoms with van der Waals surface area (Å²) in [7, 11) is 0. The van der Waals surface area contributed by atoms with E-state index in [1.807, 2.05) is 19.1 Å². The summed E-state index contributed by atoms with van der Waals surface area (Å²) in [6.45, 7) is 2.14. The van der Waals surface area contributed by atoms with E-state index < -0.39 is 11.8 Å². The van der Waals surface area contributed by atoms with Gasteiger partial charge in [0.05, 0.1) is 6.21 Å². The molecule has 31 heavy (non-hydrogen) atoms. The van der Waals surface area contributed by atoms with Crippen LogP contribution in [0.2, 0.25) is 0 Å². The van der Waals surface area contributed by atoms with Crippen LogP contribution < -0.4 is 15.5 Å². The first-order valence-corrected chi connectivity index (χ1v) is 9.75. The van der Waals surface area contributed by atoms with E-state index in [9.17, 15) is 14.0 Å². The van der Waals surface area contributed by atoms with E-state index in [2.05, 4.69) is 15.8 Å². The Kier molecular flexibility index (Phi) is 7.48. The fraction of sp³-hybridized carbons (Fsp3) is 0.125. The van der Waals surface area contributed by atoms with Gasteiger partial charge >= 0.3 is 11.8 Å². The number of carbonyl (C=O) groups excluding carboxylic acids is 2. The van der Waals surface area contributed by atoms with Crippen molar-refractivity contribution in [2.75, 3.05) is 5.32 Å². The van der Waals surface area contributed by atoms with E-state index in [4.69, 9.17) is 4.74 Å². The molecule has 0 aliphatic rings. The zero-order valence-electron chi connectivity index (χ0n) is 17.0. The summed E-state index contributed by atoms with van der Waals surface area (Å²) in [6.07, 6.45) is 2.11. The molecule has 3 rings (SSSR count). The molecule has 0 bridgehead atoms. The van der Waals surface area contributed by atoms with E-state index in [1.165, 1.54) is 18.3 Å². The lowest BCUT2D eigenvalue weighted by Crippen LogP contribution is -2.32. The number of nitrogens with zero attached hydrogens (tertiary/aromatic N) is 1. The van der Waals surface area contributed by atoms with Crippen LogP contribution in [0.3, 0.4) is 0 Å². The highest BCUT2D eigenvalue weighted by Gasteiger charge is 2.14. The Balaban J connectivity index is 1.59. The Morgan fingerprint density at radius 1 is 1.00 bits per heavy atom. The number of hydrogen-bond acceptors (Lipinski definition) is 4. The zero-order valence-corrected chi connectivity index (χ0v) is 17.0. The van der Waals surface area contributed by atoms with E-state index >= 15 is 0 Å². The lowest BCUT2D eigenvalue weighted by atomic mass is 10.1. The highest BCUT2D eigenvalue weighted by atomic mass is 19.1. The van der Waals surface area contributed by atoms with Crippen molar-refractivity contribution in [2.24, 2.45) is 5.10 Å². The minimum Gasteiger partial charge on any atom is -0.488 e. The molecule has 6 nitrogen and oxygen atoms in total. The largest absolute Gasteiger partial charge is 0.488 e. The lowest BCUT2D eigenvalue weighted by molar-refractivity contribution is -0.136. The molecule has 3 aromatic carbocycles. The second-order valence-electron chi connectivity index (χ2n) is 6.62. The molecule has 3 aromatic rings. The molecule has 2 amide bonds. The van der Waals surface area contributed by atoms with Gasteiger partial charge < -0.3 is 10.1 Å². The minimum atomic E-state index is -0.889. The van der Waals surface area contributed by atoms with Crippen LogP contribution in [0.1, 0.15) is 23.6 Å². The van der Waals surface area contributed by atoms with Crippen LogP contribution in [-0.4, -0.2) is 18.0 Å². The summed E-state index contributed by atoms with van der Waals surface area (Å²) in [4.78, 5) is 24.2. The van der Waals surface area contributed by atoms with Gasteiger partial charge in [-0.3, -0.25) is 9.59 Å². The van der Waals surface area contributed by atoms with Crippen molar-refractivity contribution in [3.8, 4) is 5.75 Å². The van der Waals surface area contributed by atoms with Crippen molar-refractivity contribution >= 4 is 23.7 Å². The van der Waals surface area contributed by atoms with Crippen LogP contribution in [0.4, 0.5) is 10.1 Å². The van der Waals surface area contributed by atoms with Gasteiger partial charge in [0, 0.05) is 11.3 Å². The molecule has 0 aromatic heterocycles. The molecule has 0 unspecified atom stereocenters. The maximum absolute atomic E-state index is 13.3. The molecule has 0 aliphatic heterocycles. The summed E-state index contributed by atoms with van der Waals surface area (Å²) in [6, 6.07) is 20.4. The maximum Gasteiger partial charge on any atom is 0.329 e. The monoisotopic (exact) mass is 419 g/mol. The van der Waals surface area contributed by atoms with Gasteiger partial charge in [-0.15, -0.1) is 0 Å². The number of rotatable bonds is 7. The zero-order chi connectivity index (χ0) is 22.1. The molecule has 0 aliphatic carbocycles. The van der Waals surface area contributed by atoms with Gasteiger partial charge in [0.2, 0.25) is 0 Å². The van der Waals surface area contributed by atoms with Crippen molar-refractivity contribution in [3.05, 3.63) is 95.3 Å². The second-order valence-corrected chi connectivity index (χ2v) is 6.62. The average molecular weight is 419 g/mol. The lowest BCUT2D eigenvalue weighted by Gasteiger charge is -2.09. The SMILES string of the molecule is CCc1ccccc1NC(=O)C(=O)N/N=C\c1ccccc1OCc1cccc(F)c1. The van der Waals surface area contributed by atoms with E-state index in [0.717, 1.165) is 12.0 Å². The van der Waals surface area contributed by atoms with Gasteiger partial charge in [0.1, 0.15) is 18.2 Å². The molecular weight excluding hydrogens is 397 g/mol. The van der Waals surface area contributed by atoms with Crippen LogP contribution in [0, 0.1) is 5.82 Å². The highest BCUT2D eigenvalue weighted by molar-refractivity contribution is 6.39. The van der Waals surface area contributed by atoms with Crippen LogP contribution in [0.15, 0.2) is 77.9 Å². The van der Waals surface area contributed by atoms with E-state index in [1.54, 1.807) is 48.5 Å². The van der Waals surface area contributed by atoms with Crippen LogP contribution >= 0.6 is 0 Å². The third-order valence-electron chi connectivity index (χ3n) is 4.42. The number of nitrogens with one attached hydrogen (secondary N) is 2. The fourth-order valence-corrected chi connectivity index (χ4v) is 2.85. The molecule has 0 spiro atoms. The standard InChI is InChI=1S/C24H22FN3O3/c1-2-18-9-3-5-12-21(18)27-23(29)24(30)28-26-15-19-10-4-6-13-22(19)31-16-17-8-7-11-20(25)14-17/h3-15H,2,16H2,1H3,(H,27,29)(H,28,30)/b26-15-. The second kappa shape index (κ2) is 10.7. The number of anilines is 1. The van der Waals surface area contributed by atoms with Crippen molar-refractivity contribution in [1.82, 2.24) is 5.43 Å². The summed E-state index contributed by atoms with van der Waals surface area (Å²) < 4.78 is 19.0. The van der Waals surface area contributed by atoms with Crippen LogP contribution in [0.5, 0.6) is 5.75 Å². The summed E-state index contributed by atoms with van der Waals surface area (Å²) in [5, 5.41) is 6.44. The Hall–Kier alpha value is -4.00. The fourth-order valence-electron chi connectivity index (χ4n) is 2.85. The number of hydrogen-bond donors (Lipinski definition) is 2. The molecule has 158 valence electrons. The van der Waals surface area contributed by atoms with E-state index in [0.29, 0.717) is 22.6 Å². The molecule has 0 fully saturated rings. The van der Waals surface area contributed by atoms with Crippen molar-refractivity contribution in [2.45, 2.75) is 20.0 Å². The average Bonchev–Trinajstić information content (AvgIpc) is 2.78. The van der Waals surface area contributed by atoms with E-state index in [-0.39, 0.29) is 12.4 Å². The van der Waals surface area contributed by atoms with Crippen molar-refractivity contribution in [3.63, 3.8) is 0 Å². The number of hydrazone groups is 1.